The number of hydrogen-bond donors (Lipinski definition) is 8. The highest BCUT2D eigenvalue weighted by Gasteiger charge is 2.57. The van der Waals surface area contributed by atoms with Gasteiger partial charge >= 0.3 is 30.3 Å². The Morgan fingerprint density at radius 3 is 1.02 bits per heavy atom. The molecule has 0 bridgehead atoms. The monoisotopic (exact) mass is 1810 g/mol. The first-order valence-electron chi connectivity index (χ1n) is 33.0. The summed E-state index contributed by atoms with van der Waals surface area (Å²) in [5, 5.41) is 70.3. The van der Waals surface area contributed by atoms with Crippen molar-refractivity contribution in [3.8, 4) is 51.7 Å². The Balaban J connectivity index is 0.000000715. The molecule has 41 heteroatoms. The molecule has 0 amide bonds. The van der Waals surface area contributed by atoms with E-state index in [-0.39, 0.29) is 33.8 Å². The molecule has 0 saturated heterocycles. The summed E-state index contributed by atoms with van der Waals surface area (Å²) in [5.74, 6) is -47.5. The maximum atomic E-state index is 13.4. The molecule has 0 spiro atoms. The van der Waals surface area contributed by atoms with Crippen molar-refractivity contribution in [1.82, 2.24) is 0 Å². The molecule has 14 nitrogen and oxygen atoms in total. The highest BCUT2D eigenvalue weighted by molar-refractivity contribution is 5.89. The lowest BCUT2D eigenvalue weighted by Crippen LogP contribution is -2.44. The Morgan fingerprint density at radius 1 is 0.312 bits per heavy atom. The molecule has 0 fully saturated rings. The number of carbonyl (C=O) groups excluding carboxylic acids is 3. The predicted molar refractivity (Wildman–Crippen MR) is 400 cm³/mol. The van der Waals surface area contributed by atoms with Gasteiger partial charge in [-0.2, -0.15) is 70.2 Å². The zero-order valence-corrected chi connectivity index (χ0v) is 64.3. The third kappa shape index (κ3) is 28.9. The van der Waals surface area contributed by atoms with Crippen molar-refractivity contribution < 1.29 is 188 Å². The number of halogens is 27. The highest BCUT2D eigenvalue weighted by atomic mass is 19.4. The van der Waals surface area contributed by atoms with Gasteiger partial charge in [-0.15, -0.1) is 0 Å². The van der Waals surface area contributed by atoms with E-state index in [0.29, 0.717) is 66.4 Å². The molecule has 0 heterocycles. The molecule has 0 radical (unpaired) electrons. The topological polar surface area (TPSA) is 241 Å². The Hall–Kier alpha value is -14.3. The second-order valence-electron chi connectivity index (χ2n) is 24.2. The van der Waals surface area contributed by atoms with Crippen molar-refractivity contribution >= 4 is 54.4 Å². The largest absolute Gasteiger partial charge is 0.505 e. The molecule has 672 valence electrons. The van der Waals surface area contributed by atoms with E-state index in [1.54, 1.807) is 18.2 Å². The maximum absolute atomic E-state index is 13.4. The molecule has 8 N–H and O–H groups in total. The van der Waals surface area contributed by atoms with Crippen LogP contribution in [0.4, 0.5) is 119 Å². The van der Waals surface area contributed by atoms with Gasteiger partial charge in [0.05, 0.1) is 5.56 Å². The number of phenols is 7. The van der Waals surface area contributed by atoms with Crippen LogP contribution < -0.4 is 9.47 Å². The van der Waals surface area contributed by atoms with Crippen LogP contribution in [0, 0.1) is 122 Å². The highest BCUT2D eigenvalue weighted by Crippen LogP contribution is 2.45. The van der Waals surface area contributed by atoms with Crippen LogP contribution in [-0.4, -0.2) is 71.1 Å². The van der Waals surface area contributed by atoms with Gasteiger partial charge in [0.15, 0.2) is 98.2 Å². The van der Waals surface area contributed by atoms with E-state index < -0.39 is 221 Å². The third-order valence-electron chi connectivity index (χ3n) is 14.9. The van der Waals surface area contributed by atoms with Crippen molar-refractivity contribution in [2.45, 2.75) is 58.2 Å². The Kier molecular flexibility index (Phi) is 40.6. The van der Waals surface area contributed by atoms with Crippen LogP contribution in [0.1, 0.15) is 79.1 Å². The fraction of sp³-hybridized carbons (Fsp3) is 0.107. The van der Waals surface area contributed by atoms with Crippen LogP contribution >= 0.6 is 0 Å². The molecule has 9 aromatic rings. The van der Waals surface area contributed by atoms with Gasteiger partial charge in [-0.1, -0.05) is 132 Å². The van der Waals surface area contributed by atoms with Crippen molar-refractivity contribution in [2.75, 3.05) is 0 Å². The second-order valence-corrected chi connectivity index (χ2v) is 24.2. The lowest BCUT2D eigenvalue weighted by Gasteiger charge is -2.33. The van der Waals surface area contributed by atoms with E-state index in [1.165, 1.54) is 61.6 Å². The molecule has 2 atom stereocenters. The number of rotatable bonds is 14. The normalized spacial score (nSPS) is 11.3. The van der Waals surface area contributed by atoms with Gasteiger partial charge in [0.1, 0.15) is 0 Å². The van der Waals surface area contributed by atoms with Gasteiger partial charge in [-0.05, 0) is 123 Å². The van der Waals surface area contributed by atoms with E-state index in [0.717, 1.165) is 44.2 Å². The minimum absolute atomic E-state index is 0.0419. The molecule has 0 aliphatic carbocycles. The van der Waals surface area contributed by atoms with E-state index >= 15 is 0 Å². The smallest absolute Gasteiger partial charge is 0.432 e. The van der Waals surface area contributed by atoms with Crippen LogP contribution in [0.25, 0.3) is 36.5 Å². The fourth-order valence-electron chi connectivity index (χ4n) is 7.80. The van der Waals surface area contributed by atoms with Crippen molar-refractivity contribution in [2.24, 2.45) is 0 Å². The summed E-state index contributed by atoms with van der Waals surface area (Å²) in [6, 6.07) is 17.4. The van der Waals surface area contributed by atoms with E-state index in [4.69, 9.17) is 35.7 Å². The van der Waals surface area contributed by atoms with Crippen LogP contribution in [0.3, 0.4) is 0 Å². The van der Waals surface area contributed by atoms with Gasteiger partial charge in [-0.3, -0.25) is 0 Å². The summed E-state index contributed by atoms with van der Waals surface area (Å²) in [6.07, 6.45) is -2.58. The number of aliphatic hydroxyl groups is 1. The Morgan fingerprint density at radius 2 is 0.656 bits per heavy atom. The quantitative estimate of drug-likeness (QED) is 0.0126. The lowest BCUT2D eigenvalue weighted by molar-refractivity contribution is -0.268. The maximum Gasteiger partial charge on any atom is 0.432 e. The molecule has 9 rings (SSSR count). The first kappa shape index (κ1) is 109. The summed E-state index contributed by atoms with van der Waals surface area (Å²) < 4.78 is 357. The van der Waals surface area contributed by atoms with Gasteiger partial charge in [0.2, 0.25) is 86.9 Å². The van der Waals surface area contributed by atoms with Crippen LogP contribution in [-0.2, 0) is 30.3 Å². The van der Waals surface area contributed by atoms with Gasteiger partial charge < -0.3 is 55.1 Å². The average molecular weight is 1810 g/mol. The molecule has 125 heavy (non-hydrogen) atoms. The van der Waals surface area contributed by atoms with E-state index in [9.17, 15) is 138 Å². The molecule has 0 aromatic heterocycles. The predicted octanol–water partition coefficient (Wildman–Crippen LogP) is 23.5. The van der Waals surface area contributed by atoms with Crippen LogP contribution in [0.15, 0.2) is 173 Å². The number of ether oxygens (including phenoxy) is 3. The van der Waals surface area contributed by atoms with Crippen LogP contribution in [0.5, 0.6) is 51.7 Å². The molecule has 2 unspecified atom stereocenters. The molecule has 0 saturated carbocycles. The number of hydrogen-bond acceptors (Lipinski definition) is 14. The van der Waals surface area contributed by atoms with Gasteiger partial charge in [0.25, 0.3) is 0 Å². The molecule has 0 aliphatic rings. The Labute approximate surface area is 689 Å². The number of phenolic OH excluding ortho intramolecular Hbond substituents is 7. The summed E-state index contributed by atoms with van der Waals surface area (Å²) in [7, 11) is 0. The number of esters is 3. The van der Waals surface area contributed by atoms with Crippen molar-refractivity contribution in [3.05, 3.63) is 340 Å². The third-order valence-corrected chi connectivity index (χ3v) is 14.9. The fourth-order valence-corrected chi connectivity index (χ4v) is 7.80. The first-order chi connectivity index (χ1) is 57.5. The van der Waals surface area contributed by atoms with Crippen molar-refractivity contribution in [3.63, 3.8) is 0 Å². The molecular weight excluding hydrogens is 1750 g/mol. The van der Waals surface area contributed by atoms with E-state index in [1.807, 2.05) is 0 Å². The minimum atomic E-state index is -5.04. The molecule has 0 aliphatic heterocycles. The van der Waals surface area contributed by atoms with Gasteiger partial charge in [-0.25, -0.2) is 62.7 Å². The van der Waals surface area contributed by atoms with Gasteiger partial charge in [0, 0.05) is 27.8 Å². The van der Waals surface area contributed by atoms with Crippen LogP contribution in [0.2, 0.25) is 0 Å². The SMILES string of the molecule is C=C(C)C(=O)OC(C)(c1ccc(C(C)(O)C(F)(F)F)cc1)C(F)(F)F.C=C(C)C(=O)Oc1c(F)c(F)c(F)c(F)c1F.C=C(C)C(=O)Oc1c(F)c(F)c(O)c(F)c1F.C=Cc1c(F)c(F)c(O)c(F)c1F.C=Cc1cc(F)c(O)c(F)c1.C=Cc1cc(O)c(F)c(F)c1.C=Cc1ccc(F)c(O)c1.C=Cc1ccc(O)c(F)c1.C=Cc1ccc(O)c(F)c1F. The zero-order valence-electron chi connectivity index (χ0n) is 64.3. The standard InChI is InChI=1S/C16H16F6O3.C10H5F5O2.C10H6F4O3.C8H4F4O.3C8H6F2O.2C8H7FO/c1-9(2)12(23)25-14(4,16(20,21)22)11-7-5-10(6-8-11)13(3,24)15(17,18)19;1-3(2)10(16)17-9-7(14)5(12)4(11)6(13)8(9)15;1-3(2)10(16)17-9-6(13)4(11)8(15)5(12)7(9)14;1-2-3-4(9)6(11)8(13)7(12)5(3)10;1-2-5-3-6(9)8(10)7(11)4-5;1-2-5-3-6(9)8(11)7(10)4-5;1-2-5-3-4-6(11)8(10)7(5)9;1-2-6-3-4-8(10)7(9)5-6;1-2-6-3-4-7(9)8(10)5-6/h5-8,24H,1H2,2-4H3;1H2,2H3;15H,1H2,2H3;2,13H,1H2;3*2-4,11H,1H2;2*2-5,10H,1H2. The molecule has 9 aromatic carbocycles. The summed E-state index contributed by atoms with van der Waals surface area (Å²) in [5.41, 5.74) is -7.21. The number of carbonyl (C=O) groups is 3. The Bertz CT molecular complexity index is 5210. The minimum Gasteiger partial charge on any atom is -0.505 e. The van der Waals surface area contributed by atoms with E-state index in [2.05, 4.69) is 73.4 Å². The summed E-state index contributed by atoms with van der Waals surface area (Å²) in [4.78, 5) is 33.4. The summed E-state index contributed by atoms with van der Waals surface area (Å²) in [6.45, 7) is 33.8. The molecular formula is C84H63F27O14. The number of benzene rings is 9. The first-order valence-corrected chi connectivity index (χ1v) is 33.0. The lowest BCUT2D eigenvalue weighted by atomic mass is 9.89. The second kappa shape index (κ2) is 46.7. The average Bonchev–Trinajstić information content (AvgIpc) is 0.757. The number of aromatic hydroxyl groups is 7. The zero-order chi connectivity index (χ0) is 97.1. The van der Waals surface area contributed by atoms with Crippen molar-refractivity contribution in [1.29, 1.82) is 0 Å². The summed E-state index contributed by atoms with van der Waals surface area (Å²) >= 11 is 0. The number of alkyl halides is 6.